The van der Waals surface area contributed by atoms with Crippen LogP contribution in [0.3, 0.4) is 0 Å². The van der Waals surface area contributed by atoms with E-state index < -0.39 is 18.3 Å². The molecule has 4 aromatic rings. The number of aliphatic hydroxyl groups excluding tert-OH is 1. The third kappa shape index (κ3) is 5.44. The molecule has 8 heterocycles. The zero-order valence-corrected chi connectivity index (χ0v) is 27.9. The number of hydrogen-bond donors (Lipinski definition) is 2. The van der Waals surface area contributed by atoms with Crippen LogP contribution < -0.4 is 20.7 Å². The van der Waals surface area contributed by atoms with Crippen molar-refractivity contribution < 1.29 is 19.0 Å². The Hall–Kier alpha value is -5.03. The predicted octanol–water partition coefficient (Wildman–Crippen LogP) is 3.08. The number of fused-ring (bicyclic) bond motifs is 3. The molecule has 0 radical (unpaired) electrons. The largest absolute Gasteiger partial charge is 0.392 e. The van der Waals surface area contributed by atoms with Crippen LogP contribution in [0.15, 0.2) is 47.7 Å². The van der Waals surface area contributed by atoms with Crippen LogP contribution >= 0.6 is 0 Å². The number of amides is 1. The minimum absolute atomic E-state index is 0.0879. The Kier molecular flexibility index (Phi) is 8.38. The van der Waals surface area contributed by atoms with Gasteiger partial charge in [0.25, 0.3) is 11.5 Å². The standard InChI is InChI=1S/C37H39FN8O4/c1-3-24-19-43(26-21-50-22-26)14-15-44(24)25-7-8-32(40-17-25)41-29-16-23(18-42(2)36(29)48)27-9-11-39-35(28(27)20-47)46-13-10-30-33(37(46)49)34(38)31-6-4-5-12-45(30)31/h1,7-9,11,16-18,24,26,47H,4-6,10,12-15,19-22H2,2H3,(H,40,41)/t24-/m0/s1. The maximum absolute atomic E-state index is 15.6. The van der Waals surface area contributed by atoms with Crippen molar-refractivity contribution in [3.05, 3.63) is 81.5 Å². The van der Waals surface area contributed by atoms with Crippen LogP contribution in [0.2, 0.25) is 0 Å². The zero-order chi connectivity index (χ0) is 34.5. The fraction of sp³-hybridized carbons (Fsp3) is 0.405. The van der Waals surface area contributed by atoms with Gasteiger partial charge < -0.3 is 29.2 Å². The maximum atomic E-state index is 15.6. The molecule has 2 N–H and O–H groups in total. The second kappa shape index (κ2) is 13.0. The lowest BCUT2D eigenvalue weighted by atomic mass is 10.00. The molecular formula is C37H39FN8O4. The number of nitrogens with one attached hydrogen (secondary N) is 1. The van der Waals surface area contributed by atoms with Crippen molar-refractivity contribution in [2.45, 2.75) is 50.9 Å². The number of piperazine rings is 1. The number of carbonyl (C=O) groups is 1. The molecule has 2 saturated heterocycles. The minimum Gasteiger partial charge on any atom is -0.392 e. The SMILES string of the molecule is C#C[C@H]1CN(C2COC2)CCN1c1ccc(Nc2cc(-c3ccnc(N4CCc5c(c(F)c6n5CCCC6)C4=O)c3CO)cn(C)c2=O)nc1. The summed E-state index contributed by atoms with van der Waals surface area (Å²) in [5.74, 6) is 2.79. The van der Waals surface area contributed by atoms with E-state index in [4.69, 9.17) is 11.2 Å². The van der Waals surface area contributed by atoms with Gasteiger partial charge in [0.15, 0.2) is 5.82 Å². The van der Waals surface area contributed by atoms with Crippen LogP contribution in [0, 0.1) is 18.2 Å². The molecule has 0 spiro atoms. The number of aryl methyl sites for hydroxylation is 1. The third-order valence-corrected chi connectivity index (χ3v) is 10.5. The van der Waals surface area contributed by atoms with Crippen molar-refractivity contribution in [1.29, 1.82) is 0 Å². The highest BCUT2D eigenvalue weighted by Gasteiger charge is 2.37. The van der Waals surface area contributed by atoms with E-state index in [2.05, 4.69) is 31.0 Å². The lowest BCUT2D eigenvalue weighted by Crippen LogP contribution is -2.60. The van der Waals surface area contributed by atoms with E-state index in [-0.39, 0.29) is 28.7 Å². The first kappa shape index (κ1) is 32.2. The van der Waals surface area contributed by atoms with E-state index in [1.54, 1.807) is 37.8 Å². The van der Waals surface area contributed by atoms with Crippen molar-refractivity contribution in [3.63, 3.8) is 0 Å². The van der Waals surface area contributed by atoms with Gasteiger partial charge >= 0.3 is 0 Å². The molecule has 4 aliphatic heterocycles. The molecule has 0 aliphatic carbocycles. The molecule has 1 amide bonds. The van der Waals surface area contributed by atoms with Crippen LogP contribution in [0.5, 0.6) is 0 Å². The fourth-order valence-electron chi connectivity index (χ4n) is 7.78. The Morgan fingerprint density at radius 1 is 1.08 bits per heavy atom. The number of aliphatic hydroxyl groups is 1. The summed E-state index contributed by atoms with van der Waals surface area (Å²) in [6, 6.07) is 7.54. The van der Waals surface area contributed by atoms with Gasteiger partial charge in [-0.3, -0.25) is 19.4 Å². The number of terminal acetylenes is 1. The number of rotatable bonds is 7. The van der Waals surface area contributed by atoms with E-state index >= 15 is 4.39 Å². The molecule has 4 aromatic heterocycles. The van der Waals surface area contributed by atoms with Gasteiger partial charge in [0.05, 0.1) is 49.0 Å². The maximum Gasteiger partial charge on any atom is 0.274 e. The summed E-state index contributed by atoms with van der Waals surface area (Å²) in [5, 5.41) is 13.8. The summed E-state index contributed by atoms with van der Waals surface area (Å²) in [6.07, 6.45) is 13.9. The number of halogens is 1. The van der Waals surface area contributed by atoms with E-state index in [1.165, 1.54) is 9.47 Å². The summed E-state index contributed by atoms with van der Waals surface area (Å²) in [5.41, 5.74) is 4.01. The molecule has 8 rings (SSSR count). The van der Waals surface area contributed by atoms with Crippen LogP contribution in [0.1, 0.15) is 40.2 Å². The van der Waals surface area contributed by atoms with Gasteiger partial charge in [-0.1, -0.05) is 5.92 Å². The highest BCUT2D eigenvalue weighted by atomic mass is 19.1. The lowest BCUT2D eigenvalue weighted by molar-refractivity contribution is -0.0680. The Morgan fingerprint density at radius 3 is 2.68 bits per heavy atom. The second-order valence-corrected chi connectivity index (χ2v) is 13.4. The van der Waals surface area contributed by atoms with Gasteiger partial charge in [0.1, 0.15) is 23.4 Å². The molecule has 258 valence electrons. The fourth-order valence-corrected chi connectivity index (χ4v) is 7.78. The first-order valence-corrected chi connectivity index (χ1v) is 17.1. The summed E-state index contributed by atoms with van der Waals surface area (Å²) >= 11 is 0. The van der Waals surface area contributed by atoms with Crippen molar-refractivity contribution in [3.8, 4) is 23.5 Å². The molecule has 4 aliphatic rings. The van der Waals surface area contributed by atoms with Gasteiger partial charge in [0.2, 0.25) is 0 Å². The summed E-state index contributed by atoms with van der Waals surface area (Å²) in [4.78, 5) is 42.2. The normalized spacial score (nSPS) is 19.5. The molecule has 0 aromatic carbocycles. The van der Waals surface area contributed by atoms with Gasteiger partial charge in [-0.2, -0.15) is 0 Å². The number of aromatic nitrogens is 4. The Labute approximate surface area is 289 Å². The molecule has 13 heteroatoms. The molecule has 0 unspecified atom stereocenters. The molecule has 12 nitrogen and oxygen atoms in total. The van der Waals surface area contributed by atoms with Crippen LogP contribution in [0.25, 0.3) is 11.1 Å². The van der Waals surface area contributed by atoms with E-state index in [9.17, 15) is 14.7 Å². The van der Waals surface area contributed by atoms with Gasteiger partial charge in [-0.05, 0) is 49.1 Å². The van der Waals surface area contributed by atoms with Gasteiger partial charge in [-0.15, -0.1) is 6.42 Å². The molecule has 2 fully saturated rings. The number of hydrogen-bond acceptors (Lipinski definition) is 9. The van der Waals surface area contributed by atoms with E-state index in [0.29, 0.717) is 60.2 Å². The Balaban J connectivity index is 1.05. The first-order chi connectivity index (χ1) is 24.4. The van der Waals surface area contributed by atoms with Crippen LogP contribution in [-0.4, -0.2) is 86.5 Å². The zero-order valence-electron chi connectivity index (χ0n) is 27.9. The second-order valence-electron chi connectivity index (χ2n) is 13.4. The summed E-state index contributed by atoms with van der Waals surface area (Å²) in [7, 11) is 1.65. The number of ether oxygens (including phenoxy) is 1. The monoisotopic (exact) mass is 678 g/mol. The van der Waals surface area contributed by atoms with E-state index in [0.717, 1.165) is 57.1 Å². The average Bonchev–Trinajstić information content (AvgIpc) is 3.41. The molecule has 1 atom stereocenters. The van der Waals surface area contributed by atoms with Crippen LogP contribution in [-0.2, 0) is 37.8 Å². The quantitative estimate of drug-likeness (QED) is 0.284. The molecule has 50 heavy (non-hydrogen) atoms. The number of anilines is 4. The average molecular weight is 679 g/mol. The van der Waals surface area contributed by atoms with Crippen molar-refractivity contribution in [2.24, 2.45) is 7.05 Å². The molecular weight excluding hydrogens is 639 g/mol. The van der Waals surface area contributed by atoms with Gasteiger partial charge in [0, 0.05) is 75.4 Å². The van der Waals surface area contributed by atoms with Crippen molar-refractivity contribution in [2.75, 3.05) is 54.5 Å². The van der Waals surface area contributed by atoms with Crippen molar-refractivity contribution >= 4 is 28.9 Å². The van der Waals surface area contributed by atoms with E-state index in [1.807, 2.05) is 16.7 Å². The third-order valence-electron chi connectivity index (χ3n) is 10.5. The lowest BCUT2D eigenvalue weighted by Gasteiger charge is -2.45. The molecule has 0 saturated carbocycles. The number of nitrogens with zero attached hydrogens (tertiary/aromatic N) is 7. The predicted molar refractivity (Wildman–Crippen MR) is 187 cm³/mol. The summed E-state index contributed by atoms with van der Waals surface area (Å²) < 4.78 is 24.4. The number of pyridine rings is 3. The Bertz CT molecular complexity index is 2070. The number of carbonyl (C=O) groups excluding carboxylic acids is 1. The van der Waals surface area contributed by atoms with Gasteiger partial charge in [-0.25, -0.2) is 14.4 Å². The van der Waals surface area contributed by atoms with Crippen LogP contribution in [0.4, 0.5) is 27.4 Å². The first-order valence-electron chi connectivity index (χ1n) is 17.1. The highest BCUT2D eigenvalue weighted by molar-refractivity contribution is 6.08. The smallest absolute Gasteiger partial charge is 0.274 e. The topological polar surface area (TPSA) is 121 Å². The Morgan fingerprint density at radius 2 is 1.94 bits per heavy atom. The van der Waals surface area contributed by atoms with Crippen molar-refractivity contribution in [1.82, 2.24) is 24.0 Å². The molecule has 0 bridgehead atoms. The minimum atomic E-state index is -0.453. The summed E-state index contributed by atoms with van der Waals surface area (Å²) in [6.45, 7) is 4.54. The highest BCUT2D eigenvalue weighted by Crippen LogP contribution is 2.36.